The molecule has 3 heterocycles. The quantitative estimate of drug-likeness (QED) is 0.263. The summed E-state index contributed by atoms with van der Waals surface area (Å²) in [5, 5.41) is 8.64. The molecule has 3 spiro atoms. The van der Waals surface area contributed by atoms with E-state index in [9.17, 15) is 4.79 Å². The summed E-state index contributed by atoms with van der Waals surface area (Å²) in [7, 11) is 1.96. The minimum Gasteiger partial charge on any atom is -0.380 e. The van der Waals surface area contributed by atoms with Crippen molar-refractivity contribution in [1.29, 1.82) is 0 Å². The van der Waals surface area contributed by atoms with Crippen molar-refractivity contribution >= 4 is 46.3 Å². The predicted octanol–water partition coefficient (Wildman–Crippen LogP) is 7.18. The maximum absolute atomic E-state index is 15.9. The molecule has 8 rings (SSSR count). The number of amides is 1. The van der Waals surface area contributed by atoms with Gasteiger partial charge in [0.2, 0.25) is 5.60 Å². The molecule has 1 saturated carbocycles. The minimum absolute atomic E-state index is 0.120. The highest BCUT2D eigenvalue weighted by atomic mass is 35.5. The maximum atomic E-state index is 15.9. The zero-order valence-electron chi connectivity index (χ0n) is 24.0. The van der Waals surface area contributed by atoms with Gasteiger partial charge in [-0.05, 0) is 49.2 Å². The van der Waals surface area contributed by atoms with E-state index in [0.29, 0.717) is 40.7 Å². The van der Waals surface area contributed by atoms with E-state index in [2.05, 4.69) is 27.5 Å². The molecule has 1 aliphatic carbocycles. The number of fused-ring (bicyclic) bond motifs is 3. The molecule has 3 aliphatic heterocycles. The summed E-state index contributed by atoms with van der Waals surface area (Å²) in [6.45, 7) is 0.521. The van der Waals surface area contributed by atoms with Gasteiger partial charge >= 0.3 is 0 Å². The van der Waals surface area contributed by atoms with Crippen molar-refractivity contribution in [1.82, 2.24) is 4.90 Å². The summed E-state index contributed by atoms with van der Waals surface area (Å²) < 4.78 is 0. The normalized spacial score (nSPS) is 30.7. The second-order valence-corrected chi connectivity index (χ2v) is 13.1. The number of hydrogen-bond donors (Lipinski definition) is 1. The van der Waals surface area contributed by atoms with Crippen molar-refractivity contribution in [3.05, 3.63) is 135 Å². The highest BCUT2D eigenvalue weighted by molar-refractivity contribution is 6.41. The molecule has 1 amide bonds. The number of hydrogen-bond acceptors (Lipinski definition) is 5. The Kier molecular flexibility index (Phi) is 6.12. The first kappa shape index (κ1) is 27.6. The van der Waals surface area contributed by atoms with Crippen molar-refractivity contribution in [3.63, 3.8) is 0 Å². The van der Waals surface area contributed by atoms with Gasteiger partial charge in [0.1, 0.15) is 11.3 Å². The summed E-state index contributed by atoms with van der Waals surface area (Å²) in [6.07, 6.45) is 0.800. The fraction of sp³-hybridized carbons (Fsp3) is 0.250. The Labute approximate surface area is 265 Å². The standard InChI is InChI=1S/C36H29Cl2N3O3/c1-41-21-25(22-11-4-2-5-12-22)34(36(41)24-15-8-9-18-28(24)39-33(36)43)19-20-35(32(34)42)30(23-13-6-3-7-14-23)31(40-44-35)29-26(37)16-10-17-27(29)38/h2-18,25,30H,19-21H2,1H3,(H,39,43)/t25-,30+,34+,35+,36+/m0/s1. The molecule has 2 fully saturated rings. The van der Waals surface area contributed by atoms with Gasteiger partial charge in [-0.1, -0.05) is 113 Å². The molecule has 1 saturated heterocycles. The van der Waals surface area contributed by atoms with Crippen molar-refractivity contribution in [2.24, 2.45) is 10.6 Å². The van der Waals surface area contributed by atoms with E-state index in [0.717, 1.165) is 22.4 Å². The maximum Gasteiger partial charge on any atom is 0.250 e. The monoisotopic (exact) mass is 621 g/mol. The largest absolute Gasteiger partial charge is 0.380 e. The van der Waals surface area contributed by atoms with Crippen LogP contribution in [-0.4, -0.2) is 41.5 Å². The second kappa shape index (κ2) is 9.77. The number of nitrogens with one attached hydrogen (secondary N) is 1. The Bertz CT molecular complexity index is 1840. The molecule has 1 N–H and O–H groups in total. The van der Waals surface area contributed by atoms with E-state index < -0.39 is 22.5 Å². The van der Waals surface area contributed by atoms with Gasteiger partial charge in [-0.15, -0.1) is 0 Å². The summed E-state index contributed by atoms with van der Waals surface area (Å²) in [4.78, 5) is 38.9. The van der Waals surface area contributed by atoms with Crippen molar-refractivity contribution in [3.8, 4) is 0 Å². The first-order valence-corrected chi connectivity index (χ1v) is 15.6. The predicted molar refractivity (Wildman–Crippen MR) is 171 cm³/mol. The van der Waals surface area contributed by atoms with Crippen LogP contribution in [0, 0.1) is 5.41 Å². The molecule has 0 unspecified atom stereocenters. The van der Waals surface area contributed by atoms with E-state index in [-0.39, 0.29) is 17.6 Å². The second-order valence-electron chi connectivity index (χ2n) is 12.3. The van der Waals surface area contributed by atoms with Crippen molar-refractivity contribution in [2.45, 2.75) is 35.8 Å². The molecule has 4 aromatic carbocycles. The lowest BCUT2D eigenvalue weighted by atomic mass is 9.58. The van der Waals surface area contributed by atoms with Crippen molar-refractivity contribution < 1.29 is 14.4 Å². The van der Waals surface area contributed by atoms with Gasteiger partial charge in [0, 0.05) is 29.3 Å². The summed E-state index contributed by atoms with van der Waals surface area (Å²) in [6, 6.07) is 32.9. The van der Waals surface area contributed by atoms with Gasteiger partial charge in [0.15, 0.2) is 5.78 Å². The van der Waals surface area contributed by atoms with Crippen LogP contribution < -0.4 is 5.32 Å². The number of likely N-dealkylation sites (N-methyl/N-ethyl adjacent to an activating group) is 1. The number of carbonyl (C=O) groups is 2. The number of ketones is 1. The third kappa shape index (κ3) is 3.34. The summed E-state index contributed by atoms with van der Waals surface area (Å²) in [5.74, 6) is -1.17. The number of benzene rings is 4. The van der Waals surface area contributed by atoms with Gasteiger partial charge in [0.25, 0.3) is 5.91 Å². The number of rotatable bonds is 3. The van der Waals surface area contributed by atoms with Crippen LogP contribution in [0.4, 0.5) is 5.69 Å². The Morgan fingerprint density at radius 2 is 1.45 bits per heavy atom. The molecule has 4 aliphatic rings. The number of carbonyl (C=O) groups excluding carboxylic acids is 2. The lowest BCUT2D eigenvalue weighted by molar-refractivity contribution is -0.154. The number of halogens is 2. The SMILES string of the molecule is CN1C[C@@H](c2ccccc2)[C@@]2(CC[C@]3(ON=C(c4c(Cl)cccc4Cl)[C@H]3c3ccccc3)C2=O)[C@@]12C(=O)Nc1ccccc12. The van der Waals surface area contributed by atoms with Gasteiger partial charge in [-0.2, -0.15) is 0 Å². The minimum atomic E-state index is -1.37. The Morgan fingerprint density at radius 1 is 0.818 bits per heavy atom. The highest BCUT2D eigenvalue weighted by Gasteiger charge is 2.80. The van der Waals surface area contributed by atoms with E-state index in [4.69, 9.17) is 28.0 Å². The van der Waals surface area contributed by atoms with E-state index >= 15 is 4.79 Å². The number of anilines is 1. The zero-order chi connectivity index (χ0) is 30.3. The first-order chi connectivity index (χ1) is 21.4. The number of nitrogens with zero attached hydrogens (tertiary/aromatic N) is 2. The molecule has 5 atom stereocenters. The van der Waals surface area contributed by atoms with E-state index in [1.165, 1.54) is 0 Å². The van der Waals surface area contributed by atoms with Crippen LogP contribution in [0.2, 0.25) is 10.0 Å². The van der Waals surface area contributed by atoms with Crippen LogP contribution in [0.15, 0.2) is 108 Å². The zero-order valence-corrected chi connectivity index (χ0v) is 25.5. The Morgan fingerprint density at radius 3 is 2.16 bits per heavy atom. The molecule has 0 radical (unpaired) electrons. The first-order valence-electron chi connectivity index (χ1n) is 14.8. The number of oxime groups is 1. The average molecular weight is 623 g/mol. The molecule has 220 valence electrons. The van der Waals surface area contributed by atoms with Gasteiger partial charge in [0.05, 0.1) is 21.4 Å². The molecule has 4 aromatic rings. The lowest BCUT2D eigenvalue weighted by Crippen LogP contribution is -2.60. The number of likely N-dealkylation sites (tertiary alicyclic amines) is 1. The van der Waals surface area contributed by atoms with Gasteiger partial charge in [-0.25, -0.2) is 0 Å². The molecule has 6 nitrogen and oxygen atoms in total. The van der Waals surface area contributed by atoms with Crippen molar-refractivity contribution in [2.75, 3.05) is 18.9 Å². The van der Waals surface area contributed by atoms with Gasteiger partial charge < -0.3 is 10.2 Å². The third-order valence-corrected chi connectivity index (χ3v) is 11.1. The van der Waals surface area contributed by atoms with Crippen LogP contribution in [0.5, 0.6) is 0 Å². The molecule has 0 bridgehead atoms. The Balaban J connectivity index is 1.38. The van der Waals surface area contributed by atoms with Crippen LogP contribution >= 0.6 is 23.2 Å². The molecular weight excluding hydrogens is 593 g/mol. The van der Waals surface area contributed by atoms with E-state index in [1.54, 1.807) is 18.2 Å². The lowest BCUT2D eigenvalue weighted by Gasteiger charge is -2.44. The molecular formula is C36H29Cl2N3O3. The van der Waals surface area contributed by atoms with E-state index in [1.807, 2.05) is 79.8 Å². The van der Waals surface area contributed by atoms with Crippen LogP contribution in [-0.2, 0) is 20.0 Å². The highest BCUT2D eigenvalue weighted by Crippen LogP contribution is 2.70. The fourth-order valence-corrected chi connectivity index (χ4v) is 9.38. The molecule has 0 aromatic heterocycles. The number of para-hydroxylation sites is 1. The Hall–Kier alpha value is -3.97. The van der Waals surface area contributed by atoms with Crippen LogP contribution in [0.3, 0.4) is 0 Å². The smallest absolute Gasteiger partial charge is 0.250 e. The fourth-order valence-electron chi connectivity index (χ4n) is 8.79. The topological polar surface area (TPSA) is 71.0 Å². The number of Topliss-reactive ketones (excluding diaryl/α,β-unsaturated/α-hetero) is 1. The molecule has 44 heavy (non-hydrogen) atoms. The average Bonchev–Trinajstić information content (AvgIpc) is 3.73. The van der Waals surface area contributed by atoms with Crippen LogP contribution in [0.25, 0.3) is 0 Å². The van der Waals surface area contributed by atoms with Gasteiger partial charge in [-0.3, -0.25) is 14.5 Å². The third-order valence-electron chi connectivity index (χ3n) is 10.4. The molecule has 8 heteroatoms. The summed E-state index contributed by atoms with van der Waals surface area (Å²) in [5.41, 5.74) is 0.757. The summed E-state index contributed by atoms with van der Waals surface area (Å²) >= 11 is 13.5. The van der Waals surface area contributed by atoms with Crippen LogP contribution in [0.1, 0.15) is 46.9 Å².